The number of nitrogens with zero attached hydrogens (tertiary/aromatic N) is 1. The largest absolute Gasteiger partial charge is 0.382 e. The third kappa shape index (κ3) is 3.47. The van der Waals surface area contributed by atoms with Crippen LogP contribution in [0.5, 0.6) is 0 Å². The van der Waals surface area contributed by atoms with Crippen molar-refractivity contribution < 1.29 is 4.92 Å². The minimum absolute atomic E-state index is 0.112. The SMILES string of the molecule is CCC1CCCCC1Nc1ccc([N+](=O)[O-])c(Br)c1. The lowest BCUT2D eigenvalue weighted by Crippen LogP contribution is -2.31. The number of nitro groups is 1. The smallest absolute Gasteiger partial charge is 0.283 e. The maximum absolute atomic E-state index is 10.8. The fraction of sp³-hybridized carbons (Fsp3) is 0.571. The molecule has 1 aliphatic rings. The normalized spacial score (nSPS) is 23.1. The summed E-state index contributed by atoms with van der Waals surface area (Å²) in [7, 11) is 0. The Kier molecular flexibility index (Phi) is 4.80. The molecule has 2 unspecified atom stereocenters. The lowest BCUT2D eigenvalue weighted by atomic mass is 9.83. The highest BCUT2D eigenvalue weighted by Gasteiger charge is 2.23. The van der Waals surface area contributed by atoms with E-state index in [4.69, 9.17) is 0 Å². The zero-order chi connectivity index (χ0) is 13.8. The van der Waals surface area contributed by atoms with Gasteiger partial charge in [0.1, 0.15) is 0 Å². The van der Waals surface area contributed by atoms with Crippen LogP contribution in [-0.2, 0) is 0 Å². The van der Waals surface area contributed by atoms with E-state index in [0.717, 1.165) is 5.69 Å². The number of halogens is 1. The maximum atomic E-state index is 10.8. The van der Waals surface area contributed by atoms with Gasteiger partial charge in [0.2, 0.25) is 0 Å². The number of rotatable bonds is 4. The van der Waals surface area contributed by atoms with Crippen molar-refractivity contribution in [1.29, 1.82) is 0 Å². The van der Waals surface area contributed by atoms with Crippen LogP contribution in [-0.4, -0.2) is 11.0 Å². The zero-order valence-corrected chi connectivity index (χ0v) is 12.6. The number of anilines is 1. The van der Waals surface area contributed by atoms with Crippen molar-refractivity contribution in [2.45, 2.75) is 45.1 Å². The Morgan fingerprint density at radius 1 is 1.42 bits per heavy atom. The van der Waals surface area contributed by atoms with Crippen molar-refractivity contribution in [3.63, 3.8) is 0 Å². The summed E-state index contributed by atoms with van der Waals surface area (Å²) in [5.41, 5.74) is 1.07. The van der Waals surface area contributed by atoms with Crippen LogP contribution >= 0.6 is 15.9 Å². The molecule has 0 aliphatic heterocycles. The predicted octanol–water partition coefficient (Wildman–Crippen LogP) is 4.74. The van der Waals surface area contributed by atoms with Gasteiger partial charge in [0.25, 0.3) is 5.69 Å². The molecule has 19 heavy (non-hydrogen) atoms. The summed E-state index contributed by atoms with van der Waals surface area (Å²) < 4.78 is 0.534. The topological polar surface area (TPSA) is 55.2 Å². The lowest BCUT2D eigenvalue weighted by Gasteiger charge is -2.32. The molecule has 104 valence electrons. The molecule has 1 aromatic carbocycles. The maximum Gasteiger partial charge on any atom is 0.283 e. The molecule has 5 heteroatoms. The molecule has 0 radical (unpaired) electrons. The van der Waals surface area contributed by atoms with Gasteiger partial charge in [-0.05, 0) is 46.8 Å². The van der Waals surface area contributed by atoms with E-state index in [1.807, 2.05) is 0 Å². The molecule has 1 fully saturated rings. The first-order valence-electron chi connectivity index (χ1n) is 6.82. The summed E-state index contributed by atoms with van der Waals surface area (Å²) in [6.07, 6.45) is 6.24. The average Bonchev–Trinajstić information content (AvgIpc) is 2.39. The highest BCUT2D eigenvalue weighted by Crippen LogP contribution is 2.32. The third-order valence-corrected chi connectivity index (χ3v) is 4.57. The van der Waals surface area contributed by atoms with Gasteiger partial charge in [-0.3, -0.25) is 10.1 Å². The van der Waals surface area contributed by atoms with Crippen molar-refractivity contribution in [2.24, 2.45) is 5.92 Å². The first-order valence-corrected chi connectivity index (χ1v) is 7.61. The van der Waals surface area contributed by atoms with Crippen molar-refractivity contribution in [2.75, 3.05) is 5.32 Å². The van der Waals surface area contributed by atoms with E-state index in [9.17, 15) is 10.1 Å². The highest BCUT2D eigenvalue weighted by molar-refractivity contribution is 9.10. The molecular weight excluding hydrogens is 308 g/mol. The van der Waals surface area contributed by atoms with E-state index in [0.29, 0.717) is 16.4 Å². The van der Waals surface area contributed by atoms with Gasteiger partial charge in [-0.2, -0.15) is 0 Å². The average molecular weight is 327 g/mol. The molecule has 1 saturated carbocycles. The quantitative estimate of drug-likeness (QED) is 0.642. The predicted molar refractivity (Wildman–Crippen MR) is 80.5 cm³/mol. The Morgan fingerprint density at radius 3 is 2.79 bits per heavy atom. The standard InChI is InChI=1S/C14H19BrN2O2/c1-2-10-5-3-4-6-13(10)16-11-7-8-14(17(18)19)12(15)9-11/h7-10,13,16H,2-6H2,1H3. The Bertz CT molecular complexity index is 465. The second-order valence-corrected chi connectivity index (χ2v) is 5.98. The fourth-order valence-corrected chi connectivity index (χ4v) is 3.37. The van der Waals surface area contributed by atoms with Crippen molar-refractivity contribution >= 4 is 27.3 Å². The van der Waals surface area contributed by atoms with E-state index >= 15 is 0 Å². The van der Waals surface area contributed by atoms with Gasteiger partial charge in [0.15, 0.2) is 0 Å². The molecule has 2 rings (SSSR count). The Hall–Kier alpha value is -1.10. The van der Waals surface area contributed by atoms with E-state index in [1.165, 1.54) is 32.1 Å². The number of hydrogen-bond donors (Lipinski definition) is 1. The molecule has 2 atom stereocenters. The van der Waals surface area contributed by atoms with Crippen LogP contribution in [0.2, 0.25) is 0 Å². The molecule has 0 spiro atoms. The number of nitrogens with one attached hydrogen (secondary N) is 1. The second-order valence-electron chi connectivity index (χ2n) is 5.13. The Labute approximate surface area is 121 Å². The molecule has 1 aromatic rings. The van der Waals surface area contributed by atoms with Crippen LogP contribution in [0.15, 0.2) is 22.7 Å². The molecule has 1 aliphatic carbocycles. The van der Waals surface area contributed by atoms with Crippen LogP contribution in [0.3, 0.4) is 0 Å². The van der Waals surface area contributed by atoms with Gasteiger partial charge in [0.05, 0.1) is 9.40 Å². The summed E-state index contributed by atoms with van der Waals surface area (Å²) in [6, 6.07) is 5.65. The van der Waals surface area contributed by atoms with Crippen LogP contribution in [0.1, 0.15) is 39.0 Å². The van der Waals surface area contributed by atoms with Gasteiger partial charge in [-0.15, -0.1) is 0 Å². The lowest BCUT2D eigenvalue weighted by molar-refractivity contribution is -0.385. The van der Waals surface area contributed by atoms with Gasteiger partial charge in [0, 0.05) is 17.8 Å². The molecule has 0 amide bonds. The summed E-state index contributed by atoms with van der Waals surface area (Å²) >= 11 is 3.26. The van der Waals surface area contributed by atoms with E-state index in [1.54, 1.807) is 18.2 Å². The zero-order valence-electron chi connectivity index (χ0n) is 11.1. The van der Waals surface area contributed by atoms with Crippen LogP contribution in [0.25, 0.3) is 0 Å². The molecule has 1 N–H and O–H groups in total. The summed E-state index contributed by atoms with van der Waals surface area (Å²) in [5.74, 6) is 0.711. The van der Waals surface area contributed by atoms with Crippen molar-refractivity contribution in [1.82, 2.24) is 0 Å². The van der Waals surface area contributed by atoms with Crippen molar-refractivity contribution in [3.8, 4) is 0 Å². The second kappa shape index (κ2) is 6.37. The minimum Gasteiger partial charge on any atom is -0.382 e. The summed E-state index contributed by atoms with van der Waals surface area (Å²) in [6.45, 7) is 2.23. The molecule has 0 bridgehead atoms. The monoisotopic (exact) mass is 326 g/mol. The number of nitro benzene ring substituents is 1. The Balaban J connectivity index is 2.10. The highest BCUT2D eigenvalue weighted by atomic mass is 79.9. The van der Waals surface area contributed by atoms with Crippen LogP contribution < -0.4 is 5.32 Å². The fourth-order valence-electron chi connectivity index (χ4n) is 2.85. The molecule has 0 heterocycles. The third-order valence-electron chi connectivity index (χ3n) is 3.93. The number of hydrogen-bond acceptors (Lipinski definition) is 3. The molecule has 0 saturated heterocycles. The van der Waals surface area contributed by atoms with E-state index in [2.05, 4.69) is 28.2 Å². The van der Waals surface area contributed by atoms with Gasteiger partial charge < -0.3 is 5.32 Å². The Morgan fingerprint density at radius 2 is 2.16 bits per heavy atom. The first-order chi connectivity index (χ1) is 9.11. The minimum atomic E-state index is -0.372. The van der Waals surface area contributed by atoms with Gasteiger partial charge >= 0.3 is 0 Å². The molecular formula is C14H19BrN2O2. The summed E-state index contributed by atoms with van der Waals surface area (Å²) in [5, 5.41) is 14.3. The van der Waals surface area contributed by atoms with Crippen LogP contribution in [0, 0.1) is 16.0 Å². The number of benzene rings is 1. The summed E-state index contributed by atoms with van der Waals surface area (Å²) in [4.78, 5) is 10.4. The molecule has 0 aromatic heterocycles. The van der Waals surface area contributed by atoms with Gasteiger partial charge in [-0.1, -0.05) is 26.2 Å². The molecule has 4 nitrogen and oxygen atoms in total. The first kappa shape index (κ1) is 14.3. The van der Waals surface area contributed by atoms with E-state index in [-0.39, 0.29) is 10.6 Å². The van der Waals surface area contributed by atoms with Gasteiger partial charge in [-0.25, -0.2) is 0 Å². The van der Waals surface area contributed by atoms with Crippen LogP contribution in [0.4, 0.5) is 11.4 Å². The van der Waals surface area contributed by atoms with Crippen molar-refractivity contribution in [3.05, 3.63) is 32.8 Å². The van der Waals surface area contributed by atoms with E-state index < -0.39 is 0 Å².